The second-order valence-electron chi connectivity index (χ2n) is 6.62. The van der Waals surface area contributed by atoms with Crippen molar-refractivity contribution in [3.63, 3.8) is 0 Å². The van der Waals surface area contributed by atoms with E-state index in [-0.39, 0.29) is 23.8 Å². The number of amides is 1. The molecular weight excluding hydrogens is 288 g/mol. The van der Waals surface area contributed by atoms with Crippen LogP contribution in [0.3, 0.4) is 0 Å². The molecule has 0 spiro atoms. The van der Waals surface area contributed by atoms with Gasteiger partial charge in [-0.2, -0.15) is 11.8 Å². The predicted molar refractivity (Wildman–Crippen MR) is 88.4 cm³/mol. The summed E-state index contributed by atoms with van der Waals surface area (Å²) in [7, 11) is 1.81. The maximum absolute atomic E-state index is 12.5. The van der Waals surface area contributed by atoms with E-state index >= 15 is 0 Å². The van der Waals surface area contributed by atoms with Crippen LogP contribution in [0.4, 0.5) is 0 Å². The highest BCUT2D eigenvalue weighted by molar-refractivity contribution is 8.00. The lowest BCUT2D eigenvalue weighted by atomic mass is 9.96. The van der Waals surface area contributed by atoms with Crippen molar-refractivity contribution >= 4 is 23.6 Å². The zero-order valence-electron chi connectivity index (χ0n) is 14.2. The van der Waals surface area contributed by atoms with E-state index < -0.39 is 16.8 Å². The summed E-state index contributed by atoms with van der Waals surface area (Å²) in [6.07, 6.45) is 0. The average Bonchev–Trinajstić information content (AvgIpc) is 2.35. The molecular formula is C15H30N2O3S. The predicted octanol–water partition coefficient (Wildman–Crippen LogP) is 2.05. The minimum atomic E-state index is -1.01. The van der Waals surface area contributed by atoms with Crippen molar-refractivity contribution < 1.29 is 14.7 Å². The van der Waals surface area contributed by atoms with Crippen molar-refractivity contribution in [2.75, 3.05) is 12.8 Å². The molecule has 0 aromatic carbocycles. The molecule has 124 valence electrons. The van der Waals surface area contributed by atoms with Crippen LogP contribution in [0.25, 0.3) is 0 Å². The van der Waals surface area contributed by atoms with E-state index in [0.29, 0.717) is 5.75 Å². The third-order valence-electron chi connectivity index (χ3n) is 3.89. The first-order valence-corrected chi connectivity index (χ1v) is 8.29. The summed E-state index contributed by atoms with van der Waals surface area (Å²) >= 11 is 1.46. The van der Waals surface area contributed by atoms with Gasteiger partial charge in [-0.3, -0.25) is 9.59 Å². The average molecular weight is 318 g/mol. The van der Waals surface area contributed by atoms with Crippen LogP contribution >= 0.6 is 11.8 Å². The fourth-order valence-corrected chi connectivity index (χ4v) is 3.17. The second kappa shape index (κ2) is 8.03. The maximum atomic E-state index is 12.5. The number of hydrogen-bond donors (Lipinski definition) is 2. The SMILES string of the molecule is CC(C)[C@H](CSC(C)(C)C(N)C(=O)O)C(=O)N(C)C(C)C. The van der Waals surface area contributed by atoms with Crippen LogP contribution in [0.1, 0.15) is 41.5 Å². The van der Waals surface area contributed by atoms with Gasteiger partial charge < -0.3 is 15.7 Å². The third kappa shape index (κ3) is 5.87. The zero-order chi connectivity index (χ0) is 17.0. The number of hydrogen-bond acceptors (Lipinski definition) is 4. The van der Waals surface area contributed by atoms with E-state index in [4.69, 9.17) is 10.8 Å². The Morgan fingerprint density at radius 1 is 1.24 bits per heavy atom. The van der Waals surface area contributed by atoms with Crippen LogP contribution in [0.2, 0.25) is 0 Å². The van der Waals surface area contributed by atoms with Gasteiger partial charge in [0.25, 0.3) is 0 Å². The van der Waals surface area contributed by atoms with Gasteiger partial charge in [-0.05, 0) is 33.6 Å². The Balaban J connectivity index is 4.89. The lowest BCUT2D eigenvalue weighted by Gasteiger charge is -2.33. The molecule has 6 heteroatoms. The van der Waals surface area contributed by atoms with Crippen molar-refractivity contribution in [2.24, 2.45) is 17.6 Å². The highest BCUT2D eigenvalue weighted by atomic mass is 32.2. The number of thioether (sulfide) groups is 1. The zero-order valence-corrected chi connectivity index (χ0v) is 15.0. The van der Waals surface area contributed by atoms with E-state index in [0.717, 1.165) is 0 Å². The molecule has 1 unspecified atom stereocenters. The van der Waals surface area contributed by atoms with E-state index in [1.807, 2.05) is 41.5 Å². The smallest absolute Gasteiger partial charge is 0.321 e. The minimum Gasteiger partial charge on any atom is -0.480 e. The van der Waals surface area contributed by atoms with Crippen LogP contribution in [0.5, 0.6) is 0 Å². The van der Waals surface area contributed by atoms with Crippen LogP contribution < -0.4 is 5.73 Å². The second-order valence-corrected chi connectivity index (χ2v) is 8.30. The van der Waals surface area contributed by atoms with Crippen LogP contribution in [-0.4, -0.2) is 51.5 Å². The van der Waals surface area contributed by atoms with Crippen molar-refractivity contribution in [3.8, 4) is 0 Å². The van der Waals surface area contributed by atoms with Gasteiger partial charge in [0.15, 0.2) is 0 Å². The molecule has 0 radical (unpaired) electrons. The summed E-state index contributed by atoms with van der Waals surface area (Å²) in [6, 6.07) is -0.800. The molecule has 21 heavy (non-hydrogen) atoms. The molecule has 2 atom stereocenters. The number of rotatable bonds is 8. The first-order chi connectivity index (χ1) is 9.41. The van der Waals surface area contributed by atoms with Crippen molar-refractivity contribution in [1.29, 1.82) is 0 Å². The molecule has 0 aliphatic rings. The molecule has 0 aliphatic heterocycles. The Hall–Kier alpha value is -0.750. The van der Waals surface area contributed by atoms with Gasteiger partial charge in [-0.25, -0.2) is 0 Å². The number of nitrogens with zero attached hydrogens (tertiary/aromatic N) is 1. The number of carbonyl (C=O) groups excluding carboxylic acids is 1. The summed E-state index contributed by atoms with van der Waals surface area (Å²) in [5.74, 6) is -0.279. The van der Waals surface area contributed by atoms with Crippen molar-refractivity contribution in [1.82, 2.24) is 4.90 Å². The lowest BCUT2D eigenvalue weighted by molar-refractivity contribution is -0.139. The number of carboxylic acids is 1. The fraction of sp³-hybridized carbons (Fsp3) is 0.867. The quantitative estimate of drug-likeness (QED) is 0.715. The first kappa shape index (κ1) is 20.2. The van der Waals surface area contributed by atoms with Gasteiger partial charge in [-0.1, -0.05) is 13.8 Å². The molecule has 0 fully saturated rings. The first-order valence-electron chi connectivity index (χ1n) is 7.30. The Kier molecular flexibility index (Phi) is 7.75. The molecule has 0 rings (SSSR count). The molecule has 0 saturated heterocycles. The number of nitrogens with two attached hydrogens (primary N) is 1. The summed E-state index contributed by atoms with van der Waals surface area (Å²) in [4.78, 5) is 25.3. The number of carboxylic acid groups (broad SMARTS) is 1. The normalized spacial score (nSPS) is 15.1. The Morgan fingerprint density at radius 3 is 2.05 bits per heavy atom. The van der Waals surface area contributed by atoms with Gasteiger partial charge in [0.1, 0.15) is 6.04 Å². The summed E-state index contributed by atoms with van der Waals surface area (Å²) in [5.41, 5.74) is 5.73. The van der Waals surface area contributed by atoms with E-state index in [9.17, 15) is 9.59 Å². The Labute approximate surface area is 132 Å². The van der Waals surface area contributed by atoms with Crippen LogP contribution in [0.15, 0.2) is 0 Å². The molecule has 0 aromatic rings. The molecule has 0 aromatic heterocycles. The van der Waals surface area contributed by atoms with Gasteiger partial charge >= 0.3 is 5.97 Å². The molecule has 5 nitrogen and oxygen atoms in total. The van der Waals surface area contributed by atoms with E-state index in [2.05, 4.69) is 0 Å². The third-order valence-corrected chi connectivity index (χ3v) is 5.42. The topological polar surface area (TPSA) is 83.6 Å². The molecule has 0 aliphatic carbocycles. The molecule has 0 bridgehead atoms. The summed E-state index contributed by atoms with van der Waals surface area (Å²) in [6.45, 7) is 11.6. The van der Waals surface area contributed by atoms with E-state index in [1.54, 1.807) is 11.9 Å². The maximum Gasteiger partial charge on any atom is 0.321 e. The lowest BCUT2D eigenvalue weighted by Crippen LogP contribution is -2.48. The molecule has 1 amide bonds. The van der Waals surface area contributed by atoms with Gasteiger partial charge in [0.05, 0.1) is 0 Å². The van der Waals surface area contributed by atoms with Gasteiger partial charge in [0.2, 0.25) is 5.91 Å². The fourth-order valence-electron chi connectivity index (χ4n) is 1.76. The molecule has 0 saturated carbocycles. The van der Waals surface area contributed by atoms with Crippen molar-refractivity contribution in [3.05, 3.63) is 0 Å². The Morgan fingerprint density at radius 2 is 1.71 bits per heavy atom. The monoisotopic (exact) mass is 318 g/mol. The van der Waals surface area contributed by atoms with Crippen LogP contribution in [-0.2, 0) is 9.59 Å². The standard InChI is InChI=1S/C15H30N2O3S/c1-9(2)11(13(18)17(7)10(3)4)8-21-15(5,6)12(16)14(19)20/h9-12H,8,16H2,1-7H3,(H,19,20)/t11-,12?/m0/s1. The van der Waals surface area contributed by atoms with Gasteiger partial charge in [-0.15, -0.1) is 0 Å². The molecule has 3 N–H and O–H groups in total. The Bertz CT molecular complexity index is 370. The highest BCUT2D eigenvalue weighted by Crippen LogP contribution is 2.32. The van der Waals surface area contributed by atoms with Crippen LogP contribution in [0, 0.1) is 11.8 Å². The largest absolute Gasteiger partial charge is 0.480 e. The highest BCUT2D eigenvalue weighted by Gasteiger charge is 2.35. The van der Waals surface area contributed by atoms with Gasteiger partial charge in [0, 0.05) is 29.5 Å². The summed E-state index contributed by atoms with van der Waals surface area (Å²) < 4.78 is -0.615. The van der Waals surface area contributed by atoms with E-state index in [1.165, 1.54) is 11.8 Å². The molecule has 0 heterocycles. The number of carbonyl (C=O) groups is 2. The summed E-state index contributed by atoms with van der Waals surface area (Å²) in [5, 5.41) is 9.05. The van der Waals surface area contributed by atoms with Crippen molar-refractivity contribution in [2.45, 2.75) is 58.4 Å². The number of aliphatic carboxylic acids is 1. The minimum absolute atomic E-state index is 0.104.